The Labute approximate surface area is 299 Å². The number of fused-ring (bicyclic) bond motifs is 4. The Hall–Kier alpha value is -4.50. The van der Waals surface area contributed by atoms with E-state index in [-0.39, 0.29) is 36.8 Å². The molecular formula is C40H32F2GeIrN4O-2. The molecule has 8 aromatic rings. The number of pyridine rings is 2. The number of halogens is 2. The van der Waals surface area contributed by atoms with Gasteiger partial charge in [0.15, 0.2) is 0 Å². The van der Waals surface area contributed by atoms with Crippen LogP contribution in [0.25, 0.3) is 61.4 Å². The topological polar surface area (TPSA) is 56.7 Å². The summed E-state index contributed by atoms with van der Waals surface area (Å²) in [5.41, 5.74) is 7.66. The van der Waals surface area contributed by atoms with Crippen LogP contribution in [0.1, 0.15) is 11.1 Å². The molecule has 8 rings (SSSR count). The van der Waals surface area contributed by atoms with Gasteiger partial charge in [0, 0.05) is 37.0 Å². The molecular weight excluding hydrogens is 855 g/mol. The van der Waals surface area contributed by atoms with Gasteiger partial charge in [-0.25, -0.2) is 0 Å². The molecule has 0 aliphatic carbocycles. The third-order valence-corrected chi connectivity index (χ3v) is 12.6. The maximum Gasteiger partial charge on any atom is 0 e. The quantitative estimate of drug-likeness (QED) is 0.100. The van der Waals surface area contributed by atoms with Crippen molar-refractivity contribution in [2.45, 2.75) is 31.1 Å². The van der Waals surface area contributed by atoms with Crippen molar-refractivity contribution in [3.8, 4) is 28.3 Å². The van der Waals surface area contributed by atoms with E-state index in [0.29, 0.717) is 16.8 Å². The molecule has 0 bridgehead atoms. The Balaban J connectivity index is 0.000000208. The zero-order valence-corrected chi connectivity index (χ0v) is 32.1. The molecule has 0 aliphatic rings. The number of benzene rings is 4. The summed E-state index contributed by atoms with van der Waals surface area (Å²) < 4.78 is 37.9. The van der Waals surface area contributed by atoms with Gasteiger partial charge in [0.05, 0.1) is 22.4 Å². The first kappa shape index (κ1) is 34.4. The van der Waals surface area contributed by atoms with E-state index in [4.69, 9.17) is 9.40 Å². The predicted octanol–water partition coefficient (Wildman–Crippen LogP) is 9.77. The van der Waals surface area contributed by atoms with Gasteiger partial charge in [-0.3, -0.25) is 9.37 Å². The smallest absolute Gasteiger partial charge is 0 e. The van der Waals surface area contributed by atoms with Crippen molar-refractivity contribution >= 4 is 50.8 Å². The Morgan fingerprint density at radius 3 is 2.24 bits per heavy atom. The van der Waals surface area contributed by atoms with E-state index in [1.54, 1.807) is 0 Å². The van der Waals surface area contributed by atoms with Crippen molar-refractivity contribution in [1.82, 2.24) is 19.5 Å². The number of aromatic nitrogens is 4. The first-order valence-corrected chi connectivity index (χ1v) is 23.0. The first-order chi connectivity index (χ1) is 23.1. The number of hydrogen-bond acceptors (Lipinski definition) is 4. The largest absolute Gasteiger partial charge is 0 e. The van der Waals surface area contributed by atoms with Gasteiger partial charge in [0.1, 0.15) is 0 Å². The molecule has 0 unspecified atom stereocenters. The molecule has 9 heteroatoms. The maximum absolute atomic E-state index is 14.9. The van der Waals surface area contributed by atoms with Crippen LogP contribution in [-0.2, 0) is 20.1 Å². The second kappa shape index (κ2) is 13.8. The van der Waals surface area contributed by atoms with Gasteiger partial charge in [0.25, 0.3) is 0 Å². The van der Waals surface area contributed by atoms with Crippen molar-refractivity contribution in [1.29, 1.82) is 0 Å². The minimum Gasteiger partial charge on any atom is 0 e. The Morgan fingerprint density at radius 2 is 1.55 bits per heavy atom. The van der Waals surface area contributed by atoms with Crippen LogP contribution in [0, 0.1) is 37.7 Å². The number of para-hydroxylation sites is 3. The third-order valence-electron chi connectivity index (χ3n) is 8.39. The molecule has 0 fully saturated rings. The molecule has 0 saturated heterocycles. The molecule has 4 aromatic carbocycles. The molecule has 1 radical (unpaired) electrons. The van der Waals surface area contributed by atoms with Crippen molar-refractivity contribution in [2.75, 3.05) is 0 Å². The maximum atomic E-state index is 14.9. The van der Waals surface area contributed by atoms with Crippen LogP contribution in [-0.4, -0.2) is 32.8 Å². The number of furan rings is 1. The number of nitrogens with zero attached hydrogens (tertiary/aromatic N) is 4. The zero-order valence-electron chi connectivity index (χ0n) is 27.6. The average Bonchev–Trinajstić information content (AvgIpc) is 3.64. The van der Waals surface area contributed by atoms with Gasteiger partial charge in [-0.05, 0) is 54.6 Å². The molecule has 4 aromatic heterocycles. The summed E-state index contributed by atoms with van der Waals surface area (Å²) >= 11 is -1.72. The SMILES string of the molecule is Cc1cccc(C)c1-n1c(-c2[c-]cc(F)c3c2oc2nc(F)ccc23)nc2ccccc21.[CH3][Ge]([CH3])([CH3])[c]1ccc(-c2[c-]cccc2)nc1.[Ir]. The summed E-state index contributed by atoms with van der Waals surface area (Å²) in [7, 11) is 0. The van der Waals surface area contributed by atoms with Crippen LogP contribution in [0.3, 0.4) is 0 Å². The van der Waals surface area contributed by atoms with E-state index >= 15 is 0 Å². The fourth-order valence-corrected chi connectivity index (χ4v) is 8.11. The summed E-state index contributed by atoms with van der Waals surface area (Å²) in [5.74, 6) is 6.51. The van der Waals surface area contributed by atoms with E-state index in [2.05, 4.69) is 51.5 Å². The molecule has 0 N–H and O–H groups in total. The van der Waals surface area contributed by atoms with Gasteiger partial charge in [-0.15, -0.1) is 12.1 Å². The summed E-state index contributed by atoms with van der Waals surface area (Å²) in [6, 6.07) is 36.3. The van der Waals surface area contributed by atoms with Crippen molar-refractivity contribution in [3.05, 3.63) is 138 Å². The molecule has 0 saturated carbocycles. The molecule has 4 heterocycles. The van der Waals surface area contributed by atoms with E-state index in [9.17, 15) is 8.78 Å². The number of rotatable bonds is 4. The number of aryl methyl sites for hydroxylation is 2. The summed E-state index contributed by atoms with van der Waals surface area (Å²) in [6.07, 6.45) is 2.04. The van der Waals surface area contributed by atoms with E-state index < -0.39 is 25.0 Å². The summed E-state index contributed by atoms with van der Waals surface area (Å²) in [5, 5.41) is 0.644. The molecule has 5 nitrogen and oxygen atoms in total. The van der Waals surface area contributed by atoms with Crippen molar-refractivity contribution in [3.63, 3.8) is 0 Å². The Kier molecular flexibility index (Phi) is 9.67. The normalized spacial score (nSPS) is 11.4. The predicted molar refractivity (Wildman–Crippen MR) is 191 cm³/mol. The van der Waals surface area contributed by atoms with Crippen LogP contribution in [0.15, 0.2) is 108 Å². The average molecular weight is 888 g/mol. The Bertz CT molecular complexity index is 2410. The standard InChI is InChI=1S/C26H16F2N3O.C14H16GeN.Ir/c1-14-6-5-7-15(2)23(14)31-20-9-4-3-8-19(20)29-25(31)17-10-12-18(27)22-16-11-13-21(28)30-26(16)32-24(17)22;1-15(2,3)13-9-10-14(16-11-13)12-7-5-4-6-8-12;/h3-9,11-13H,1-2H3;4-7,9-11H,1-3H3;/q2*-1;. The Morgan fingerprint density at radius 1 is 0.796 bits per heavy atom. The van der Waals surface area contributed by atoms with Gasteiger partial charge in [0.2, 0.25) is 11.7 Å². The first-order valence-electron chi connectivity index (χ1n) is 15.7. The molecule has 0 spiro atoms. The second-order valence-electron chi connectivity index (χ2n) is 12.8. The van der Waals surface area contributed by atoms with Gasteiger partial charge < -0.3 is 8.98 Å². The second-order valence-corrected chi connectivity index (χ2v) is 23.4. The summed E-state index contributed by atoms with van der Waals surface area (Å²) in [4.78, 5) is 13.2. The van der Waals surface area contributed by atoms with Crippen LogP contribution < -0.4 is 4.40 Å². The number of imidazole rings is 1. The van der Waals surface area contributed by atoms with Gasteiger partial charge >= 0.3 is 99.8 Å². The van der Waals surface area contributed by atoms with E-state index in [0.717, 1.165) is 39.1 Å². The van der Waals surface area contributed by atoms with Crippen molar-refractivity contribution in [2.24, 2.45) is 0 Å². The molecule has 0 atom stereocenters. The van der Waals surface area contributed by atoms with E-state index in [1.165, 1.54) is 22.6 Å². The van der Waals surface area contributed by atoms with Crippen LogP contribution in [0.2, 0.25) is 17.3 Å². The minimum absolute atomic E-state index is 0. The minimum atomic E-state index is -1.72. The number of hydrogen-bond donors (Lipinski definition) is 0. The van der Waals surface area contributed by atoms with E-state index in [1.807, 2.05) is 91.3 Å². The van der Waals surface area contributed by atoms with Gasteiger partial charge in [-0.1, -0.05) is 35.9 Å². The molecule has 0 amide bonds. The fourth-order valence-electron chi connectivity index (χ4n) is 5.94. The molecule has 0 aliphatic heterocycles. The summed E-state index contributed by atoms with van der Waals surface area (Å²) in [6.45, 7) is 4.08. The van der Waals surface area contributed by atoms with Crippen LogP contribution in [0.5, 0.6) is 0 Å². The monoisotopic (exact) mass is 889 g/mol. The molecule has 49 heavy (non-hydrogen) atoms. The van der Waals surface area contributed by atoms with Crippen molar-refractivity contribution < 1.29 is 33.3 Å². The van der Waals surface area contributed by atoms with Gasteiger partial charge in [-0.2, -0.15) is 9.37 Å². The zero-order chi connectivity index (χ0) is 33.6. The van der Waals surface area contributed by atoms with Crippen LogP contribution in [0.4, 0.5) is 8.78 Å². The fraction of sp³-hybridized carbons (Fsp3) is 0.125. The van der Waals surface area contributed by atoms with Crippen LogP contribution >= 0.6 is 0 Å². The molecule has 247 valence electrons. The third kappa shape index (κ3) is 6.61.